The minimum atomic E-state index is -0.0998. The van der Waals surface area contributed by atoms with E-state index in [2.05, 4.69) is 19.9 Å². The lowest BCUT2D eigenvalue weighted by Crippen LogP contribution is -2.31. The lowest BCUT2D eigenvalue weighted by atomic mass is 10.3. The molecule has 0 bridgehead atoms. The van der Waals surface area contributed by atoms with E-state index in [0.29, 0.717) is 18.8 Å². The molecule has 0 radical (unpaired) electrons. The highest BCUT2D eigenvalue weighted by atomic mass is 16.5. The van der Waals surface area contributed by atoms with E-state index in [9.17, 15) is 4.79 Å². The van der Waals surface area contributed by atoms with Crippen molar-refractivity contribution in [2.45, 2.75) is 19.1 Å². The molecule has 1 atom stereocenters. The molecule has 3 heterocycles. The number of nitrogens with zero attached hydrogens (tertiary/aromatic N) is 5. The van der Waals surface area contributed by atoms with Crippen LogP contribution in [-0.2, 0) is 6.54 Å². The van der Waals surface area contributed by atoms with Crippen LogP contribution in [-0.4, -0.2) is 63.9 Å². The first-order valence-electron chi connectivity index (χ1n) is 7.93. The molecule has 1 amide bonds. The molecule has 7 heteroatoms. The second-order valence-electron chi connectivity index (χ2n) is 6.09. The number of hydrogen-bond acceptors (Lipinski definition) is 6. The maximum absolute atomic E-state index is 12.4. The van der Waals surface area contributed by atoms with Gasteiger partial charge < -0.3 is 14.5 Å². The van der Waals surface area contributed by atoms with Crippen molar-refractivity contribution in [1.82, 2.24) is 24.8 Å². The highest BCUT2D eigenvalue weighted by Gasteiger charge is 2.29. The van der Waals surface area contributed by atoms with Crippen LogP contribution in [0.2, 0.25) is 0 Å². The third-order valence-corrected chi connectivity index (χ3v) is 3.78. The fraction of sp³-hybridized carbons (Fsp3) is 0.412. The van der Waals surface area contributed by atoms with E-state index in [1.54, 1.807) is 17.3 Å². The highest BCUT2D eigenvalue weighted by molar-refractivity contribution is 5.92. The predicted molar refractivity (Wildman–Crippen MR) is 88.6 cm³/mol. The van der Waals surface area contributed by atoms with Gasteiger partial charge in [-0.25, -0.2) is 4.98 Å². The van der Waals surface area contributed by atoms with Crippen molar-refractivity contribution >= 4 is 5.91 Å². The van der Waals surface area contributed by atoms with E-state index in [-0.39, 0.29) is 12.0 Å². The Morgan fingerprint density at radius 2 is 2.21 bits per heavy atom. The quantitative estimate of drug-likeness (QED) is 0.822. The van der Waals surface area contributed by atoms with Gasteiger partial charge in [0.2, 0.25) is 0 Å². The van der Waals surface area contributed by atoms with Gasteiger partial charge in [0.15, 0.2) is 0 Å². The van der Waals surface area contributed by atoms with Crippen molar-refractivity contribution in [3.05, 3.63) is 48.3 Å². The number of pyridine rings is 1. The molecule has 1 aliphatic heterocycles. The Morgan fingerprint density at radius 1 is 1.33 bits per heavy atom. The number of aromatic nitrogens is 3. The second kappa shape index (κ2) is 7.35. The molecule has 0 aromatic carbocycles. The number of carbonyl (C=O) groups is 1. The summed E-state index contributed by atoms with van der Waals surface area (Å²) in [5, 5.41) is 0. The first-order valence-corrected chi connectivity index (χ1v) is 7.93. The summed E-state index contributed by atoms with van der Waals surface area (Å²) in [6.07, 6.45) is 7.12. The summed E-state index contributed by atoms with van der Waals surface area (Å²) in [5.74, 6) is 0.692. The van der Waals surface area contributed by atoms with Crippen molar-refractivity contribution in [3.8, 4) is 5.75 Å². The van der Waals surface area contributed by atoms with Gasteiger partial charge in [-0.15, -0.1) is 0 Å². The molecular weight excluding hydrogens is 306 g/mol. The van der Waals surface area contributed by atoms with Crippen LogP contribution >= 0.6 is 0 Å². The fourth-order valence-corrected chi connectivity index (χ4v) is 2.71. The van der Waals surface area contributed by atoms with Crippen LogP contribution in [0.1, 0.15) is 22.6 Å². The summed E-state index contributed by atoms with van der Waals surface area (Å²) in [6, 6.07) is 3.81. The van der Waals surface area contributed by atoms with Gasteiger partial charge in [-0.2, -0.15) is 0 Å². The molecule has 3 rings (SSSR count). The zero-order chi connectivity index (χ0) is 16.9. The van der Waals surface area contributed by atoms with Gasteiger partial charge in [-0.1, -0.05) is 0 Å². The van der Waals surface area contributed by atoms with Gasteiger partial charge in [-0.05, 0) is 20.2 Å². The van der Waals surface area contributed by atoms with Crippen molar-refractivity contribution in [3.63, 3.8) is 0 Å². The van der Waals surface area contributed by atoms with Crippen LogP contribution in [0.15, 0.2) is 36.9 Å². The van der Waals surface area contributed by atoms with E-state index < -0.39 is 0 Å². The Bertz CT molecular complexity index is 692. The predicted octanol–water partition coefficient (Wildman–Crippen LogP) is 1.23. The Labute approximate surface area is 141 Å². The molecule has 0 spiro atoms. The maximum Gasteiger partial charge on any atom is 0.274 e. The Morgan fingerprint density at radius 3 is 2.96 bits per heavy atom. The summed E-state index contributed by atoms with van der Waals surface area (Å²) < 4.78 is 6.03. The van der Waals surface area contributed by atoms with Crippen LogP contribution in [0.4, 0.5) is 0 Å². The minimum absolute atomic E-state index is 0.0137. The van der Waals surface area contributed by atoms with Crippen molar-refractivity contribution in [2.24, 2.45) is 0 Å². The monoisotopic (exact) mass is 327 g/mol. The molecule has 24 heavy (non-hydrogen) atoms. The molecule has 0 N–H and O–H groups in total. The van der Waals surface area contributed by atoms with Crippen LogP contribution in [0.5, 0.6) is 5.75 Å². The van der Waals surface area contributed by atoms with Crippen molar-refractivity contribution in [2.75, 3.05) is 27.2 Å². The summed E-state index contributed by atoms with van der Waals surface area (Å²) in [4.78, 5) is 28.5. The molecule has 1 saturated heterocycles. The normalized spacial score (nSPS) is 17.3. The standard InChI is InChI=1S/C17H21N5O2/c1-21(2)11-13-9-14(3-5-19-13)24-15-4-8-22(12-15)17(23)16-10-18-6-7-20-16/h3,5-7,9-10,15H,4,8,11-12H2,1-2H3. The molecule has 1 aliphatic rings. The SMILES string of the molecule is CN(C)Cc1cc(OC2CCN(C(=O)c3cnccn3)C2)ccn1. The molecule has 0 saturated carbocycles. The molecule has 126 valence electrons. The average Bonchev–Trinajstić information content (AvgIpc) is 3.03. The van der Waals surface area contributed by atoms with Crippen LogP contribution in [0, 0.1) is 0 Å². The maximum atomic E-state index is 12.4. The lowest BCUT2D eigenvalue weighted by molar-refractivity contribution is 0.0766. The van der Waals surface area contributed by atoms with Gasteiger partial charge in [0, 0.05) is 44.2 Å². The van der Waals surface area contributed by atoms with Crippen LogP contribution in [0.25, 0.3) is 0 Å². The van der Waals surface area contributed by atoms with Gasteiger partial charge in [0.1, 0.15) is 17.5 Å². The van der Waals surface area contributed by atoms with Crippen molar-refractivity contribution in [1.29, 1.82) is 0 Å². The van der Waals surface area contributed by atoms with Crippen LogP contribution < -0.4 is 4.74 Å². The van der Waals surface area contributed by atoms with E-state index in [1.807, 2.05) is 26.2 Å². The Balaban J connectivity index is 1.59. The number of amides is 1. The zero-order valence-corrected chi connectivity index (χ0v) is 13.9. The molecule has 2 aromatic heterocycles. The third-order valence-electron chi connectivity index (χ3n) is 3.78. The minimum Gasteiger partial charge on any atom is -0.488 e. The highest BCUT2D eigenvalue weighted by Crippen LogP contribution is 2.20. The number of hydrogen-bond donors (Lipinski definition) is 0. The topological polar surface area (TPSA) is 71.5 Å². The number of carbonyl (C=O) groups excluding carboxylic acids is 1. The van der Waals surface area contributed by atoms with E-state index >= 15 is 0 Å². The summed E-state index contributed by atoms with van der Waals surface area (Å²) in [5.41, 5.74) is 1.33. The smallest absolute Gasteiger partial charge is 0.274 e. The molecule has 0 aliphatic carbocycles. The van der Waals surface area contributed by atoms with Gasteiger partial charge in [0.25, 0.3) is 5.91 Å². The van der Waals surface area contributed by atoms with E-state index in [4.69, 9.17) is 4.74 Å². The summed E-state index contributed by atoms with van der Waals surface area (Å²) >= 11 is 0. The lowest BCUT2D eigenvalue weighted by Gasteiger charge is -2.17. The van der Waals surface area contributed by atoms with Gasteiger partial charge in [-0.3, -0.25) is 14.8 Å². The summed E-state index contributed by atoms with van der Waals surface area (Å²) in [7, 11) is 4.00. The van der Waals surface area contributed by atoms with E-state index in [0.717, 1.165) is 24.4 Å². The number of likely N-dealkylation sites (tertiary alicyclic amines) is 1. The van der Waals surface area contributed by atoms with Crippen molar-refractivity contribution < 1.29 is 9.53 Å². The molecule has 2 aromatic rings. The molecule has 7 nitrogen and oxygen atoms in total. The fourth-order valence-electron chi connectivity index (χ4n) is 2.71. The number of rotatable bonds is 5. The first-order chi connectivity index (χ1) is 11.6. The third kappa shape index (κ3) is 4.05. The molecule has 1 unspecified atom stereocenters. The van der Waals surface area contributed by atoms with Gasteiger partial charge in [0.05, 0.1) is 18.4 Å². The van der Waals surface area contributed by atoms with Crippen LogP contribution in [0.3, 0.4) is 0 Å². The summed E-state index contributed by atoms with van der Waals surface area (Å²) in [6.45, 7) is 1.98. The second-order valence-corrected chi connectivity index (χ2v) is 6.09. The van der Waals surface area contributed by atoms with E-state index in [1.165, 1.54) is 12.4 Å². The first kappa shape index (κ1) is 16.3. The zero-order valence-electron chi connectivity index (χ0n) is 13.9. The average molecular weight is 327 g/mol. The number of ether oxygens (including phenoxy) is 1. The Hall–Kier alpha value is -2.54. The molecule has 1 fully saturated rings. The van der Waals surface area contributed by atoms with Gasteiger partial charge >= 0.3 is 0 Å². The largest absolute Gasteiger partial charge is 0.488 e. The molecular formula is C17H21N5O2. The Kier molecular flexibility index (Phi) is 5.00.